The molecule has 0 aliphatic heterocycles. The standard InChI is InChI=1S/C25H23N3O2/c1-17-7-9-19(10-8-17)15-27-25(29)18(2)30-21-13-11-20(12-14-21)24-16-26-22-5-3-4-6-23(22)28-24/h3-14,16,18H,15H2,1-2H3,(H,27,29). The molecule has 0 bridgehead atoms. The molecular weight excluding hydrogens is 374 g/mol. The molecule has 1 heterocycles. The van der Waals surface area contributed by atoms with Crippen molar-refractivity contribution in [3.05, 3.63) is 90.1 Å². The minimum atomic E-state index is -0.596. The normalized spacial score (nSPS) is 11.8. The fourth-order valence-corrected chi connectivity index (χ4v) is 3.10. The third-order valence-electron chi connectivity index (χ3n) is 4.87. The summed E-state index contributed by atoms with van der Waals surface area (Å²) < 4.78 is 5.80. The van der Waals surface area contributed by atoms with E-state index in [2.05, 4.69) is 15.3 Å². The SMILES string of the molecule is Cc1ccc(CNC(=O)C(C)Oc2ccc(-c3cnc4ccccc4n3)cc2)cc1. The number of benzene rings is 3. The number of aryl methyl sites for hydroxylation is 1. The second kappa shape index (κ2) is 8.74. The maximum atomic E-state index is 12.3. The Morgan fingerprint density at radius 1 is 0.967 bits per heavy atom. The highest BCUT2D eigenvalue weighted by molar-refractivity contribution is 5.80. The molecule has 0 saturated heterocycles. The zero-order valence-electron chi connectivity index (χ0n) is 17.0. The molecule has 1 aromatic heterocycles. The number of amides is 1. The number of aromatic nitrogens is 2. The van der Waals surface area contributed by atoms with Crippen molar-refractivity contribution in [3.8, 4) is 17.0 Å². The highest BCUT2D eigenvalue weighted by Crippen LogP contribution is 2.22. The Morgan fingerprint density at radius 3 is 2.40 bits per heavy atom. The number of fused-ring (bicyclic) bond motifs is 1. The van der Waals surface area contributed by atoms with Crippen molar-refractivity contribution in [2.24, 2.45) is 0 Å². The van der Waals surface area contributed by atoms with Crippen LogP contribution in [0.3, 0.4) is 0 Å². The number of nitrogens with zero attached hydrogens (tertiary/aromatic N) is 2. The zero-order chi connectivity index (χ0) is 20.9. The number of carbonyl (C=O) groups excluding carboxylic acids is 1. The predicted molar refractivity (Wildman–Crippen MR) is 118 cm³/mol. The van der Waals surface area contributed by atoms with E-state index in [0.717, 1.165) is 27.9 Å². The molecule has 5 nitrogen and oxygen atoms in total. The number of carbonyl (C=O) groups is 1. The Bertz CT molecular complexity index is 1160. The zero-order valence-corrected chi connectivity index (χ0v) is 17.0. The van der Waals surface area contributed by atoms with E-state index in [1.54, 1.807) is 13.1 Å². The van der Waals surface area contributed by atoms with Crippen LogP contribution in [0.25, 0.3) is 22.3 Å². The quantitative estimate of drug-likeness (QED) is 0.513. The summed E-state index contributed by atoms with van der Waals surface area (Å²) >= 11 is 0. The molecule has 0 fully saturated rings. The molecule has 1 unspecified atom stereocenters. The van der Waals surface area contributed by atoms with E-state index >= 15 is 0 Å². The van der Waals surface area contributed by atoms with Crippen molar-refractivity contribution in [1.29, 1.82) is 0 Å². The lowest BCUT2D eigenvalue weighted by Crippen LogP contribution is -2.35. The molecular formula is C25H23N3O2. The summed E-state index contributed by atoms with van der Waals surface area (Å²) in [6, 6.07) is 23.4. The van der Waals surface area contributed by atoms with E-state index < -0.39 is 6.10 Å². The minimum absolute atomic E-state index is 0.153. The van der Waals surface area contributed by atoms with Crippen LogP contribution in [0, 0.1) is 6.92 Å². The van der Waals surface area contributed by atoms with E-state index in [1.807, 2.05) is 79.7 Å². The lowest BCUT2D eigenvalue weighted by molar-refractivity contribution is -0.127. The van der Waals surface area contributed by atoms with Gasteiger partial charge >= 0.3 is 0 Å². The van der Waals surface area contributed by atoms with Crippen molar-refractivity contribution < 1.29 is 9.53 Å². The molecule has 0 aliphatic rings. The molecule has 0 aliphatic carbocycles. The van der Waals surface area contributed by atoms with Gasteiger partial charge in [0, 0.05) is 12.1 Å². The van der Waals surface area contributed by atoms with Crippen molar-refractivity contribution in [2.45, 2.75) is 26.5 Å². The van der Waals surface area contributed by atoms with Gasteiger partial charge in [-0.2, -0.15) is 0 Å². The first-order valence-electron chi connectivity index (χ1n) is 9.90. The summed E-state index contributed by atoms with van der Waals surface area (Å²) in [5.41, 5.74) is 5.71. The second-order valence-electron chi connectivity index (χ2n) is 7.23. The molecule has 4 rings (SSSR count). The monoisotopic (exact) mass is 397 g/mol. The maximum absolute atomic E-state index is 12.3. The van der Waals surface area contributed by atoms with Crippen molar-refractivity contribution >= 4 is 16.9 Å². The van der Waals surface area contributed by atoms with Gasteiger partial charge in [-0.15, -0.1) is 0 Å². The Hall–Kier alpha value is -3.73. The number of nitrogens with one attached hydrogen (secondary N) is 1. The summed E-state index contributed by atoms with van der Waals surface area (Å²) in [5.74, 6) is 0.477. The van der Waals surface area contributed by atoms with E-state index in [0.29, 0.717) is 12.3 Å². The van der Waals surface area contributed by atoms with Crippen LogP contribution in [-0.2, 0) is 11.3 Å². The van der Waals surface area contributed by atoms with Gasteiger partial charge in [0.25, 0.3) is 5.91 Å². The fourth-order valence-electron chi connectivity index (χ4n) is 3.10. The summed E-state index contributed by atoms with van der Waals surface area (Å²) in [7, 11) is 0. The van der Waals surface area contributed by atoms with Gasteiger partial charge in [0.2, 0.25) is 0 Å². The first kappa shape index (κ1) is 19.6. The Kier molecular flexibility index (Phi) is 5.70. The number of para-hydroxylation sites is 2. The lowest BCUT2D eigenvalue weighted by Gasteiger charge is -2.15. The Labute approximate surface area is 175 Å². The highest BCUT2D eigenvalue weighted by Gasteiger charge is 2.14. The molecule has 4 aromatic rings. The van der Waals surface area contributed by atoms with E-state index in [9.17, 15) is 4.79 Å². The van der Waals surface area contributed by atoms with E-state index in [1.165, 1.54) is 5.56 Å². The highest BCUT2D eigenvalue weighted by atomic mass is 16.5. The van der Waals surface area contributed by atoms with E-state index in [4.69, 9.17) is 4.74 Å². The summed E-state index contributed by atoms with van der Waals surface area (Å²) in [6.45, 7) is 4.26. The van der Waals surface area contributed by atoms with Crippen LogP contribution >= 0.6 is 0 Å². The second-order valence-corrected chi connectivity index (χ2v) is 7.23. The Morgan fingerprint density at radius 2 is 1.67 bits per heavy atom. The van der Waals surface area contributed by atoms with Crippen LogP contribution in [0.1, 0.15) is 18.1 Å². The van der Waals surface area contributed by atoms with Gasteiger partial charge in [-0.1, -0.05) is 42.0 Å². The lowest BCUT2D eigenvalue weighted by atomic mass is 10.1. The van der Waals surface area contributed by atoms with Gasteiger partial charge in [-0.3, -0.25) is 9.78 Å². The molecule has 150 valence electrons. The Balaban J connectivity index is 1.37. The molecule has 0 spiro atoms. The summed E-state index contributed by atoms with van der Waals surface area (Å²) in [6.07, 6.45) is 1.17. The van der Waals surface area contributed by atoms with Gasteiger partial charge in [0.05, 0.1) is 22.9 Å². The van der Waals surface area contributed by atoms with Crippen molar-refractivity contribution in [2.75, 3.05) is 0 Å². The molecule has 1 atom stereocenters. The summed E-state index contributed by atoms with van der Waals surface area (Å²) in [5, 5.41) is 2.91. The molecule has 5 heteroatoms. The smallest absolute Gasteiger partial charge is 0.261 e. The van der Waals surface area contributed by atoms with Crippen LogP contribution < -0.4 is 10.1 Å². The van der Waals surface area contributed by atoms with Crippen LogP contribution in [0.4, 0.5) is 0 Å². The van der Waals surface area contributed by atoms with Gasteiger partial charge in [-0.25, -0.2) is 4.98 Å². The van der Waals surface area contributed by atoms with Gasteiger partial charge in [0.15, 0.2) is 6.10 Å². The van der Waals surface area contributed by atoms with Crippen molar-refractivity contribution in [1.82, 2.24) is 15.3 Å². The van der Waals surface area contributed by atoms with Gasteiger partial charge < -0.3 is 10.1 Å². The molecule has 0 radical (unpaired) electrons. The van der Waals surface area contributed by atoms with Crippen LogP contribution in [0.15, 0.2) is 79.0 Å². The van der Waals surface area contributed by atoms with Gasteiger partial charge in [0.1, 0.15) is 5.75 Å². The number of ether oxygens (including phenoxy) is 1. The average molecular weight is 397 g/mol. The average Bonchev–Trinajstić information content (AvgIpc) is 2.78. The number of hydrogen-bond acceptors (Lipinski definition) is 4. The third kappa shape index (κ3) is 4.63. The summed E-state index contributed by atoms with van der Waals surface area (Å²) in [4.78, 5) is 21.5. The minimum Gasteiger partial charge on any atom is -0.481 e. The molecule has 3 aromatic carbocycles. The molecule has 0 saturated carbocycles. The van der Waals surface area contributed by atoms with Crippen molar-refractivity contribution in [3.63, 3.8) is 0 Å². The first-order chi connectivity index (χ1) is 14.6. The predicted octanol–water partition coefficient (Wildman–Crippen LogP) is 4.69. The molecule has 1 N–H and O–H groups in total. The van der Waals surface area contributed by atoms with Crippen LogP contribution in [-0.4, -0.2) is 22.0 Å². The molecule has 1 amide bonds. The maximum Gasteiger partial charge on any atom is 0.261 e. The third-order valence-corrected chi connectivity index (χ3v) is 4.87. The topological polar surface area (TPSA) is 64.1 Å². The fraction of sp³-hybridized carbons (Fsp3) is 0.160. The number of rotatable bonds is 6. The van der Waals surface area contributed by atoms with Crippen LogP contribution in [0.2, 0.25) is 0 Å². The number of hydrogen-bond donors (Lipinski definition) is 1. The largest absolute Gasteiger partial charge is 0.481 e. The van der Waals surface area contributed by atoms with E-state index in [-0.39, 0.29) is 5.91 Å². The molecule has 30 heavy (non-hydrogen) atoms. The first-order valence-corrected chi connectivity index (χ1v) is 9.90. The van der Waals surface area contributed by atoms with Crippen LogP contribution in [0.5, 0.6) is 5.75 Å². The van der Waals surface area contributed by atoms with Gasteiger partial charge in [-0.05, 0) is 55.8 Å².